The standard InChI is InChI=1S/C18H18BrClFN5O3/c19-12-7-25(24-17(12)18(22)29)9-15(28)26(11-4-5-11)8-14(27)23-6-10-2-1-3-13(20)16(10)21/h1-3,7,11H,4-6,8-9H2,(H2,22,29)(H,23,27). The molecule has 0 aliphatic heterocycles. The molecule has 1 aromatic heterocycles. The molecule has 1 fully saturated rings. The summed E-state index contributed by atoms with van der Waals surface area (Å²) < 4.78 is 15.6. The van der Waals surface area contributed by atoms with Crippen molar-refractivity contribution in [1.29, 1.82) is 0 Å². The molecule has 1 saturated carbocycles. The van der Waals surface area contributed by atoms with Crippen LogP contribution in [0.5, 0.6) is 0 Å². The summed E-state index contributed by atoms with van der Waals surface area (Å²) in [7, 11) is 0. The molecule has 154 valence electrons. The average molecular weight is 487 g/mol. The Morgan fingerprint density at radius 2 is 2.10 bits per heavy atom. The number of nitrogens with one attached hydrogen (secondary N) is 1. The maximum atomic E-state index is 13.9. The van der Waals surface area contributed by atoms with Gasteiger partial charge in [-0.15, -0.1) is 0 Å². The smallest absolute Gasteiger partial charge is 0.270 e. The van der Waals surface area contributed by atoms with E-state index in [1.165, 1.54) is 27.9 Å². The molecule has 1 aliphatic carbocycles. The fraction of sp³-hybridized carbons (Fsp3) is 0.333. The van der Waals surface area contributed by atoms with Crippen LogP contribution in [0.2, 0.25) is 5.02 Å². The average Bonchev–Trinajstić information content (AvgIpc) is 3.43. The molecule has 1 heterocycles. The normalized spacial score (nSPS) is 13.2. The zero-order valence-corrected chi connectivity index (χ0v) is 17.5. The molecule has 0 saturated heterocycles. The van der Waals surface area contributed by atoms with Crippen molar-refractivity contribution in [1.82, 2.24) is 20.0 Å². The minimum Gasteiger partial charge on any atom is -0.364 e. The fourth-order valence-electron chi connectivity index (χ4n) is 2.77. The van der Waals surface area contributed by atoms with E-state index in [-0.39, 0.29) is 47.9 Å². The summed E-state index contributed by atoms with van der Waals surface area (Å²) in [5, 5.41) is 6.56. The maximum absolute atomic E-state index is 13.9. The van der Waals surface area contributed by atoms with Crippen molar-refractivity contribution in [2.24, 2.45) is 5.73 Å². The monoisotopic (exact) mass is 485 g/mol. The lowest BCUT2D eigenvalue weighted by Crippen LogP contribution is -2.43. The molecule has 0 spiro atoms. The highest BCUT2D eigenvalue weighted by molar-refractivity contribution is 9.10. The molecule has 3 rings (SSSR count). The van der Waals surface area contributed by atoms with Crippen molar-refractivity contribution in [2.75, 3.05) is 6.54 Å². The van der Waals surface area contributed by atoms with Crippen LogP contribution in [0.15, 0.2) is 28.9 Å². The third-order valence-corrected chi connectivity index (χ3v) is 5.25. The Kier molecular flexibility index (Phi) is 6.53. The fourth-order valence-corrected chi connectivity index (χ4v) is 3.48. The molecule has 3 amide bonds. The van der Waals surface area contributed by atoms with Crippen LogP contribution in [0.1, 0.15) is 28.9 Å². The summed E-state index contributed by atoms with van der Waals surface area (Å²) in [6.07, 6.45) is 3.08. The van der Waals surface area contributed by atoms with E-state index >= 15 is 0 Å². The first-order chi connectivity index (χ1) is 13.8. The number of nitrogens with zero attached hydrogens (tertiary/aromatic N) is 3. The van der Waals surface area contributed by atoms with Gasteiger partial charge in [0, 0.05) is 24.3 Å². The van der Waals surface area contributed by atoms with Crippen LogP contribution in [-0.2, 0) is 22.7 Å². The van der Waals surface area contributed by atoms with Gasteiger partial charge in [0.1, 0.15) is 12.4 Å². The molecule has 1 aliphatic rings. The number of halogens is 3. The molecule has 0 atom stereocenters. The number of benzene rings is 1. The quantitative estimate of drug-likeness (QED) is 0.593. The van der Waals surface area contributed by atoms with E-state index in [1.54, 1.807) is 6.07 Å². The molecular weight excluding hydrogens is 469 g/mol. The second-order valence-corrected chi connectivity index (χ2v) is 7.89. The molecular formula is C18H18BrClFN5O3. The molecule has 0 unspecified atom stereocenters. The number of hydrogen-bond acceptors (Lipinski definition) is 4. The van der Waals surface area contributed by atoms with Crippen LogP contribution >= 0.6 is 27.5 Å². The lowest BCUT2D eigenvalue weighted by molar-refractivity contribution is -0.137. The van der Waals surface area contributed by atoms with Crippen molar-refractivity contribution >= 4 is 45.3 Å². The summed E-state index contributed by atoms with van der Waals surface area (Å²) >= 11 is 8.90. The van der Waals surface area contributed by atoms with Gasteiger partial charge in [-0.2, -0.15) is 5.10 Å². The third-order valence-electron chi connectivity index (χ3n) is 4.38. The first-order valence-electron chi connectivity index (χ1n) is 8.78. The van der Waals surface area contributed by atoms with Crippen LogP contribution in [-0.4, -0.2) is 45.0 Å². The Labute approximate surface area is 179 Å². The van der Waals surface area contributed by atoms with Gasteiger partial charge in [-0.25, -0.2) is 4.39 Å². The number of hydrogen-bond donors (Lipinski definition) is 2. The maximum Gasteiger partial charge on any atom is 0.270 e. The molecule has 29 heavy (non-hydrogen) atoms. The number of rotatable bonds is 8. The van der Waals surface area contributed by atoms with Gasteiger partial charge in [-0.3, -0.25) is 19.1 Å². The molecule has 3 N–H and O–H groups in total. The van der Waals surface area contributed by atoms with Gasteiger partial charge >= 0.3 is 0 Å². The van der Waals surface area contributed by atoms with Crippen LogP contribution in [0.4, 0.5) is 4.39 Å². The zero-order chi connectivity index (χ0) is 21.1. The lowest BCUT2D eigenvalue weighted by atomic mass is 10.2. The molecule has 11 heteroatoms. The summed E-state index contributed by atoms with van der Waals surface area (Å²) in [5.41, 5.74) is 5.50. The van der Waals surface area contributed by atoms with E-state index in [2.05, 4.69) is 26.3 Å². The summed E-state index contributed by atoms with van der Waals surface area (Å²) in [4.78, 5) is 37.7. The minimum atomic E-state index is -0.713. The van der Waals surface area contributed by atoms with Crippen molar-refractivity contribution in [3.8, 4) is 0 Å². The number of amides is 3. The van der Waals surface area contributed by atoms with Crippen LogP contribution in [0, 0.1) is 5.82 Å². The van der Waals surface area contributed by atoms with Crippen LogP contribution in [0.3, 0.4) is 0 Å². The highest BCUT2D eigenvalue weighted by Gasteiger charge is 2.34. The van der Waals surface area contributed by atoms with Gasteiger partial charge in [-0.05, 0) is 34.8 Å². The van der Waals surface area contributed by atoms with Crippen molar-refractivity contribution in [2.45, 2.75) is 32.0 Å². The van der Waals surface area contributed by atoms with Crippen LogP contribution in [0.25, 0.3) is 0 Å². The summed E-state index contributed by atoms with van der Waals surface area (Å²) in [5.74, 6) is -2.03. The highest BCUT2D eigenvalue weighted by atomic mass is 79.9. The van der Waals surface area contributed by atoms with Crippen molar-refractivity contribution in [3.05, 3.63) is 51.0 Å². The Morgan fingerprint density at radius 3 is 2.72 bits per heavy atom. The van der Waals surface area contributed by atoms with E-state index < -0.39 is 17.6 Å². The highest BCUT2D eigenvalue weighted by Crippen LogP contribution is 2.27. The SMILES string of the molecule is NC(=O)c1nn(CC(=O)N(CC(=O)NCc2cccc(Cl)c2F)C2CC2)cc1Br. The number of primary amides is 1. The largest absolute Gasteiger partial charge is 0.364 e. The van der Waals surface area contributed by atoms with E-state index in [0.717, 1.165) is 12.8 Å². The van der Waals surface area contributed by atoms with Crippen LogP contribution < -0.4 is 11.1 Å². The predicted octanol–water partition coefficient (Wildman–Crippen LogP) is 1.84. The Bertz CT molecular complexity index is 963. The van der Waals surface area contributed by atoms with E-state index in [0.29, 0.717) is 4.47 Å². The number of nitrogens with two attached hydrogens (primary N) is 1. The minimum absolute atomic E-state index is 0.0211. The second kappa shape index (κ2) is 8.91. The zero-order valence-electron chi connectivity index (χ0n) is 15.2. The molecule has 2 aromatic rings. The third kappa shape index (κ3) is 5.33. The predicted molar refractivity (Wildman–Crippen MR) is 106 cm³/mol. The van der Waals surface area contributed by atoms with Gasteiger partial charge in [-0.1, -0.05) is 23.7 Å². The van der Waals surface area contributed by atoms with E-state index in [9.17, 15) is 18.8 Å². The number of carbonyl (C=O) groups excluding carboxylic acids is 3. The Morgan fingerprint density at radius 1 is 1.38 bits per heavy atom. The molecule has 1 aromatic carbocycles. The van der Waals surface area contributed by atoms with Gasteiger partial charge in [0.25, 0.3) is 5.91 Å². The first-order valence-corrected chi connectivity index (χ1v) is 9.95. The second-order valence-electron chi connectivity index (χ2n) is 6.63. The first kappa shape index (κ1) is 21.3. The van der Waals surface area contributed by atoms with Gasteiger partial charge in [0.05, 0.1) is 16.0 Å². The Hall–Kier alpha value is -2.46. The summed E-state index contributed by atoms with van der Waals surface area (Å²) in [6.45, 7) is -0.332. The molecule has 8 nitrogen and oxygen atoms in total. The number of carbonyl (C=O) groups is 3. The molecule has 0 radical (unpaired) electrons. The Balaban J connectivity index is 1.60. The van der Waals surface area contributed by atoms with Gasteiger partial charge in [0.2, 0.25) is 11.8 Å². The van der Waals surface area contributed by atoms with E-state index in [4.69, 9.17) is 17.3 Å². The van der Waals surface area contributed by atoms with E-state index in [1.807, 2.05) is 0 Å². The van der Waals surface area contributed by atoms with Gasteiger partial charge < -0.3 is 16.0 Å². The lowest BCUT2D eigenvalue weighted by Gasteiger charge is -2.22. The molecule has 0 bridgehead atoms. The van der Waals surface area contributed by atoms with Crippen molar-refractivity contribution < 1.29 is 18.8 Å². The topological polar surface area (TPSA) is 110 Å². The summed E-state index contributed by atoms with van der Waals surface area (Å²) in [6, 6.07) is 4.52. The van der Waals surface area contributed by atoms with Crippen molar-refractivity contribution in [3.63, 3.8) is 0 Å². The number of aromatic nitrogens is 2. The van der Waals surface area contributed by atoms with Gasteiger partial charge in [0.15, 0.2) is 5.69 Å².